The van der Waals surface area contributed by atoms with Gasteiger partial charge in [0.15, 0.2) is 0 Å². The number of rotatable bonds is 6. The molecule has 0 aromatic rings. The Morgan fingerprint density at radius 2 is 2.00 bits per heavy atom. The fourth-order valence-electron chi connectivity index (χ4n) is 2.01. The van der Waals surface area contributed by atoms with Gasteiger partial charge in [0.05, 0.1) is 25.6 Å². The molecule has 0 amide bonds. The fraction of sp³-hybridized carbons (Fsp3) is 0.692. The predicted molar refractivity (Wildman–Crippen MR) is 63.3 cm³/mol. The highest BCUT2D eigenvalue weighted by Gasteiger charge is 2.28. The van der Waals surface area contributed by atoms with Crippen LogP contribution >= 0.6 is 0 Å². The lowest BCUT2D eigenvalue weighted by Crippen LogP contribution is -2.23. The number of hydrogen-bond acceptors (Lipinski definition) is 4. The molecular weight excluding hydrogens is 220 g/mol. The monoisotopic (exact) mass is 240 g/mol. The van der Waals surface area contributed by atoms with Gasteiger partial charge in [-0.1, -0.05) is 11.6 Å². The Hall–Kier alpha value is -1.32. The average molecular weight is 240 g/mol. The average Bonchev–Trinajstić information content (AvgIpc) is 2.79. The lowest BCUT2D eigenvalue weighted by Gasteiger charge is -2.16. The maximum atomic E-state index is 11.8. The van der Waals surface area contributed by atoms with Gasteiger partial charge in [-0.05, 0) is 33.1 Å². The van der Waals surface area contributed by atoms with Crippen LogP contribution in [0, 0.1) is 5.92 Å². The van der Waals surface area contributed by atoms with E-state index in [1.807, 2.05) is 6.08 Å². The summed E-state index contributed by atoms with van der Waals surface area (Å²) < 4.78 is 9.89. The molecule has 96 valence electrons. The summed E-state index contributed by atoms with van der Waals surface area (Å²) in [5.41, 5.74) is 1.02. The highest BCUT2D eigenvalue weighted by molar-refractivity contribution is 5.82. The fourth-order valence-corrected chi connectivity index (χ4v) is 2.01. The van der Waals surface area contributed by atoms with E-state index in [1.54, 1.807) is 13.8 Å². The van der Waals surface area contributed by atoms with Gasteiger partial charge >= 0.3 is 11.9 Å². The summed E-state index contributed by atoms with van der Waals surface area (Å²) in [7, 11) is 0. The summed E-state index contributed by atoms with van der Waals surface area (Å²) in [4.78, 5) is 23.3. The van der Waals surface area contributed by atoms with Crippen molar-refractivity contribution in [3.05, 3.63) is 11.6 Å². The second-order valence-corrected chi connectivity index (χ2v) is 3.99. The molecule has 0 saturated carbocycles. The highest BCUT2D eigenvalue weighted by atomic mass is 16.5. The van der Waals surface area contributed by atoms with Crippen LogP contribution in [0.15, 0.2) is 11.6 Å². The lowest BCUT2D eigenvalue weighted by molar-refractivity contribution is -0.153. The predicted octanol–water partition coefficient (Wildman–Crippen LogP) is 2.23. The topological polar surface area (TPSA) is 52.6 Å². The molecule has 17 heavy (non-hydrogen) atoms. The molecule has 1 aliphatic rings. The molecule has 0 radical (unpaired) electrons. The first-order chi connectivity index (χ1) is 8.19. The van der Waals surface area contributed by atoms with Crippen molar-refractivity contribution >= 4 is 11.9 Å². The zero-order valence-corrected chi connectivity index (χ0v) is 10.5. The van der Waals surface area contributed by atoms with Crippen molar-refractivity contribution in [2.24, 2.45) is 5.92 Å². The summed E-state index contributed by atoms with van der Waals surface area (Å²) >= 11 is 0. The molecule has 4 nitrogen and oxygen atoms in total. The molecule has 1 aliphatic carbocycles. The molecule has 0 N–H and O–H groups in total. The Morgan fingerprint density at radius 1 is 1.29 bits per heavy atom. The summed E-state index contributed by atoms with van der Waals surface area (Å²) in [6.45, 7) is 4.20. The Morgan fingerprint density at radius 3 is 2.53 bits per heavy atom. The van der Waals surface area contributed by atoms with Crippen LogP contribution in [0.5, 0.6) is 0 Å². The van der Waals surface area contributed by atoms with E-state index >= 15 is 0 Å². The molecule has 0 saturated heterocycles. The molecular formula is C13H20O4. The summed E-state index contributed by atoms with van der Waals surface area (Å²) in [6, 6.07) is 0. The van der Waals surface area contributed by atoms with Crippen LogP contribution in [0.3, 0.4) is 0 Å². The molecule has 0 aliphatic heterocycles. The van der Waals surface area contributed by atoms with E-state index in [9.17, 15) is 9.59 Å². The number of carbonyl (C=O) groups excluding carboxylic acids is 2. The first-order valence-electron chi connectivity index (χ1n) is 6.20. The SMILES string of the molecule is CCOC(=O)CC(C(=O)OCC)C1=CCCC1. The second-order valence-electron chi connectivity index (χ2n) is 3.99. The molecule has 0 spiro atoms. The van der Waals surface area contributed by atoms with Gasteiger partial charge < -0.3 is 9.47 Å². The Bertz CT molecular complexity index is 307. The van der Waals surface area contributed by atoms with Gasteiger partial charge in [-0.3, -0.25) is 9.59 Å². The maximum absolute atomic E-state index is 11.8. The van der Waals surface area contributed by atoms with Gasteiger partial charge in [0.1, 0.15) is 0 Å². The Balaban J connectivity index is 2.64. The normalized spacial score (nSPS) is 16.2. The van der Waals surface area contributed by atoms with Crippen molar-refractivity contribution < 1.29 is 19.1 Å². The maximum Gasteiger partial charge on any atom is 0.313 e. The van der Waals surface area contributed by atoms with E-state index in [2.05, 4.69) is 0 Å². The Kier molecular flexibility index (Phi) is 5.73. The third-order valence-electron chi connectivity index (χ3n) is 2.77. The van der Waals surface area contributed by atoms with Gasteiger partial charge in [0, 0.05) is 0 Å². The third kappa shape index (κ3) is 4.21. The molecule has 0 heterocycles. The lowest BCUT2D eigenvalue weighted by atomic mass is 9.95. The van der Waals surface area contributed by atoms with Crippen LogP contribution < -0.4 is 0 Å². The molecule has 1 atom stereocenters. The third-order valence-corrected chi connectivity index (χ3v) is 2.77. The van der Waals surface area contributed by atoms with E-state index in [4.69, 9.17) is 9.47 Å². The van der Waals surface area contributed by atoms with Crippen LogP contribution in [0.25, 0.3) is 0 Å². The van der Waals surface area contributed by atoms with E-state index in [1.165, 1.54) is 0 Å². The van der Waals surface area contributed by atoms with Crippen molar-refractivity contribution in [1.29, 1.82) is 0 Å². The van der Waals surface area contributed by atoms with Gasteiger partial charge in [-0.2, -0.15) is 0 Å². The minimum Gasteiger partial charge on any atom is -0.466 e. The zero-order valence-electron chi connectivity index (χ0n) is 10.5. The quantitative estimate of drug-likeness (QED) is 0.527. The van der Waals surface area contributed by atoms with Crippen LogP contribution in [0.1, 0.15) is 39.5 Å². The second kappa shape index (κ2) is 7.09. The summed E-state index contributed by atoms with van der Waals surface area (Å²) in [5.74, 6) is -1.09. The first-order valence-corrected chi connectivity index (χ1v) is 6.20. The minimum absolute atomic E-state index is 0.0957. The Labute approximate surface area is 102 Å². The summed E-state index contributed by atoms with van der Waals surface area (Å²) in [5, 5.41) is 0. The van der Waals surface area contributed by atoms with E-state index in [-0.39, 0.29) is 18.4 Å². The van der Waals surface area contributed by atoms with Crippen molar-refractivity contribution in [2.45, 2.75) is 39.5 Å². The van der Waals surface area contributed by atoms with Gasteiger partial charge in [0.2, 0.25) is 0 Å². The van der Waals surface area contributed by atoms with E-state index in [0.29, 0.717) is 13.2 Å². The standard InChI is InChI=1S/C13H20O4/c1-3-16-12(14)9-11(13(15)17-4-2)10-7-5-6-8-10/h7,11H,3-6,8-9H2,1-2H3. The number of ether oxygens (including phenoxy) is 2. The smallest absolute Gasteiger partial charge is 0.313 e. The van der Waals surface area contributed by atoms with Crippen LogP contribution in [0.2, 0.25) is 0 Å². The first kappa shape index (κ1) is 13.7. The van der Waals surface area contributed by atoms with Crippen molar-refractivity contribution in [2.75, 3.05) is 13.2 Å². The molecule has 0 bridgehead atoms. The zero-order chi connectivity index (χ0) is 12.7. The molecule has 1 unspecified atom stereocenters. The molecule has 1 rings (SSSR count). The summed E-state index contributed by atoms with van der Waals surface area (Å²) in [6.07, 6.45) is 5.05. The van der Waals surface area contributed by atoms with Gasteiger partial charge in [-0.15, -0.1) is 0 Å². The van der Waals surface area contributed by atoms with Crippen molar-refractivity contribution in [1.82, 2.24) is 0 Å². The highest BCUT2D eigenvalue weighted by Crippen LogP contribution is 2.28. The van der Waals surface area contributed by atoms with Crippen LogP contribution in [-0.4, -0.2) is 25.2 Å². The van der Waals surface area contributed by atoms with Crippen LogP contribution in [0.4, 0.5) is 0 Å². The number of esters is 2. The number of allylic oxidation sites excluding steroid dienone is 1. The molecule has 4 heteroatoms. The molecule has 0 aromatic heterocycles. The van der Waals surface area contributed by atoms with E-state index in [0.717, 1.165) is 24.8 Å². The van der Waals surface area contributed by atoms with Gasteiger partial charge in [0.25, 0.3) is 0 Å². The number of hydrogen-bond donors (Lipinski definition) is 0. The van der Waals surface area contributed by atoms with E-state index < -0.39 is 5.92 Å². The van der Waals surface area contributed by atoms with Crippen molar-refractivity contribution in [3.8, 4) is 0 Å². The van der Waals surface area contributed by atoms with Gasteiger partial charge in [-0.25, -0.2) is 0 Å². The molecule has 0 aromatic carbocycles. The minimum atomic E-state index is -0.448. The van der Waals surface area contributed by atoms with Crippen LogP contribution in [-0.2, 0) is 19.1 Å². The molecule has 0 fully saturated rings. The largest absolute Gasteiger partial charge is 0.466 e. The number of carbonyl (C=O) groups is 2. The van der Waals surface area contributed by atoms with Crippen molar-refractivity contribution in [3.63, 3.8) is 0 Å².